The van der Waals surface area contributed by atoms with Crippen LogP contribution >= 0.6 is 0 Å². The molecule has 78 valence electrons. The number of nitrogens with one attached hydrogen (secondary N) is 1. The third kappa shape index (κ3) is 2.38. The van der Waals surface area contributed by atoms with Gasteiger partial charge in [0.2, 0.25) is 0 Å². The molecule has 0 aliphatic carbocycles. The van der Waals surface area contributed by atoms with E-state index in [0.717, 1.165) is 25.9 Å². The Morgan fingerprint density at radius 1 is 1.40 bits per heavy atom. The third-order valence-corrected chi connectivity index (χ3v) is 2.63. The second-order valence-electron chi connectivity index (χ2n) is 3.71. The molecular weight excluding hydrogens is 184 g/mol. The summed E-state index contributed by atoms with van der Waals surface area (Å²) in [6.45, 7) is 2.67. The van der Waals surface area contributed by atoms with Crippen molar-refractivity contribution in [3.8, 4) is 11.8 Å². The van der Waals surface area contributed by atoms with Crippen LogP contribution in [-0.4, -0.2) is 13.1 Å². The Balaban J connectivity index is 2.28. The van der Waals surface area contributed by atoms with Crippen molar-refractivity contribution in [2.75, 3.05) is 13.1 Å². The number of fused-ring (bicyclic) bond motifs is 1. The van der Waals surface area contributed by atoms with Crippen molar-refractivity contribution in [2.24, 2.45) is 5.73 Å². The zero-order valence-electron chi connectivity index (χ0n) is 8.84. The highest BCUT2D eigenvalue weighted by molar-refractivity contribution is 5.46. The van der Waals surface area contributed by atoms with Crippen LogP contribution in [0.2, 0.25) is 0 Å². The monoisotopic (exact) mass is 200 g/mol. The van der Waals surface area contributed by atoms with Crippen LogP contribution in [0, 0.1) is 11.8 Å². The van der Waals surface area contributed by atoms with Crippen LogP contribution in [0.5, 0.6) is 0 Å². The highest BCUT2D eigenvalue weighted by atomic mass is 14.9. The lowest BCUT2D eigenvalue weighted by Crippen LogP contribution is -2.24. The van der Waals surface area contributed by atoms with Gasteiger partial charge in [-0.1, -0.05) is 24.0 Å². The molecule has 0 bridgehead atoms. The molecule has 1 heterocycles. The van der Waals surface area contributed by atoms with Crippen molar-refractivity contribution < 1.29 is 0 Å². The van der Waals surface area contributed by atoms with E-state index >= 15 is 0 Å². The van der Waals surface area contributed by atoms with Gasteiger partial charge >= 0.3 is 0 Å². The van der Waals surface area contributed by atoms with Crippen LogP contribution in [0.25, 0.3) is 0 Å². The van der Waals surface area contributed by atoms with E-state index in [-0.39, 0.29) is 0 Å². The molecule has 2 nitrogen and oxygen atoms in total. The number of nitrogens with two attached hydrogens (primary N) is 1. The van der Waals surface area contributed by atoms with Gasteiger partial charge in [-0.25, -0.2) is 0 Å². The van der Waals surface area contributed by atoms with E-state index < -0.39 is 0 Å². The van der Waals surface area contributed by atoms with Gasteiger partial charge in [0.05, 0.1) is 0 Å². The number of hydrogen-bond acceptors (Lipinski definition) is 2. The van der Waals surface area contributed by atoms with Crippen LogP contribution in [0.1, 0.15) is 23.1 Å². The number of rotatable bonds is 1. The van der Waals surface area contributed by atoms with E-state index in [0.29, 0.717) is 6.54 Å². The topological polar surface area (TPSA) is 38.0 Å². The molecule has 1 aromatic carbocycles. The smallest absolute Gasteiger partial charge is 0.0281 e. The van der Waals surface area contributed by atoms with Crippen molar-refractivity contribution in [1.29, 1.82) is 0 Å². The second kappa shape index (κ2) is 4.97. The highest BCUT2D eigenvalue weighted by Gasteiger charge is 2.10. The maximum absolute atomic E-state index is 5.42. The molecule has 1 aromatic rings. The number of benzene rings is 1. The molecule has 1 aliphatic rings. The summed E-state index contributed by atoms with van der Waals surface area (Å²) in [4.78, 5) is 0. The minimum atomic E-state index is 0.642. The zero-order chi connectivity index (χ0) is 10.5. The lowest BCUT2D eigenvalue weighted by Gasteiger charge is -2.18. The molecule has 0 unspecified atom stereocenters. The largest absolute Gasteiger partial charge is 0.330 e. The molecule has 0 atom stereocenters. The van der Waals surface area contributed by atoms with Gasteiger partial charge in [0.1, 0.15) is 0 Å². The van der Waals surface area contributed by atoms with Crippen LogP contribution in [0.4, 0.5) is 0 Å². The Labute approximate surface area is 90.9 Å². The fourth-order valence-electron chi connectivity index (χ4n) is 1.88. The van der Waals surface area contributed by atoms with E-state index in [2.05, 4.69) is 35.4 Å². The van der Waals surface area contributed by atoms with Crippen molar-refractivity contribution >= 4 is 0 Å². The summed E-state index contributed by atoms with van der Waals surface area (Å²) in [5.74, 6) is 6.32. The first-order valence-corrected chi connectivity index (χ1v) is 5.42. The lowest BCUT2D eigenvalue weighted by atomic mass is 9.96. The summed E-state index contributed by atoms with van der Waals surface area (Å²) in [7, 11) is 0. The van der Waals surface area contributed by atoms with E-state index in [4.69, 9.17) is 5.73 Å². The first kappa shape index (κ1) is 10.2. The van der Waals surface area contributed by atoms with Gasteiger partial charge in [-0.2, -0.15) is 0 Å². The minimum Gasteiger partial charge on any atom is -0.330 e. The summed E-state index contributed by atoms with van der Waals surface area (Å²) in [6.07, 6.45) is 1.87. The molecule has 0 aromatic heterocycles. The Bertz CT molecular complexity index is 399. The molecule has 0 saturated heterocycles. The maximum atomic E-state index is 5.42. The van der Waals surface area contributed by atoms with Gasteiger partial charge in [-0.3, -0.25) is 0 Å². The van der Waals surface area contributed by atoms with Gasteiger partial charge in [0.15, 0.2) is 0 Å². The van der Waals surface area contributed by atoms with Gasteiger partial charge in [-0.15, -0.1) is 0 Å². The van der Waals surface area contributed by atoms with Crippen molar-refractivity contribution in [2.45, 2.75) is 19.4 Å². The fraction of sp³-hybridized carbons (Fsp3) is 0.385. The average molecular weight is 200 g/mol. The first-order valence-electron chi connectivity index (χ1n) is 5.42. The molecule has 2 heteroatoms. The van der Waals surface area contributed by atoms with Crippen LogP contribution in [0.15, 0.2) is 18.2 Å². The maximum Gasteiger partial charge on any atom is 0.0281 e. The summed E-state index contributed by atoms with van der Waals surface area (Å²) in [5, 5.41) is 3.37. The minimum absolute atomic E-state index is 0.642. The second-order valence-corrected chi connectivity index (χ2v) is 3.71. The third-order valence-electron chi connectivity index (χ3n) is 2.63. The molecule has 1 aliphatic heterocycles. The predicted molar refractivity (Wildman–Crippen MR) is 62.4 cm³/mol. The van der Waals surface area contributed by atoms with Gasteiger partial charge < -0.3 is 11.1 Å². The first-order chi connectivity index (χ1) is 7.42. The van der Waals surface area contributed by atoms with Crippen LogP contribution in [0.3, 0.4) is 0 Å². The Morgan fingerprint density at radius 3 is 3.20 bits per heavy atom. The molecule has 0 spiro atoms. The van der Waals surface area contributed by atoms with Crippen molar-refractivity contribution in [3.05, 3.63) is 34.9 Å². The summed E-state index contributed by atoms with van der Waals surface area (Å²) < 4.78 is 0. The molecule has 15 heavy (non-hydrogen) atoms. The van der Waals surface area contributed by atoms with Crippen molar-refractivity contribution in [1.82, 2.24) is 5.32 Å². The highest BCUT2D eigenvalue weighted by Crippen LogP contribution is 2.17. The summed E-state index contributed by atoms with van der Waals surface area (Å²) in [5.41, 5.74) is 9.41. The molecular formula is C13H16N2. The molecule has 0 radical (unpaired) electrons. The lowest BCUT2D eigenvalue weighted by molar-refractivity contribution is 0.643. The van der Waals surface area contributed by atoms with Gasteiger partial charge in [0, 0.05) is 25.1 Å². The average Bonchev–Trinajstić information content (AvgIpc) is 2.30. The van der Waals surface area contributed by atoms with Crippen molar-refractivity contribution in [3.63, 3.8) is 0 Å². The quantitative estimate of drug-likeness (QED) is 0.665. The molecule has 0 saturated carbocycles. The van der Waals surface area contributed by atoms with Crippen LogP contribution in [-0.2, 0) is 13.0 Å². The van der Waals surface area contributed by atoms with Gasteiger partial charge in [-0.05, 0) is 30.2 Å². The van der Waals surface area contributed by atoms with E-state index in [9.17, 15) is 0 Å². The normalized spacial score (nSPS) is 13.9. The standard InChI is InChI=1S/C13H16N2/c14-8-2-1-4-11-5-3-6-12-10-15-9-7-13(11)12/h3,5-6,15H,2,7-10,14H2. The summed E-state index contributed by atoms with van der Waals surface area (Å²) >= 11 is 0. The predicted octanol–water partition coefficient (Wildman–Crippen LogP) is 1.03. The molecule has 3 N–H and O–H groups in total. The van der Waals surface area contributed by atoms with E-state index in [1.165, 1.54) is 16.7 Å². The van der Waals surface area contributed by atoms with E-state index in [1.807, 2.05) is 0 Å². The summed E-state index contributed by atoms with van der Waals surface area (Å²) in [6, 6.07) is 6.36. The fourth-order valence-corrected chi connectivity index (χ4v) is 1.88. The molecule has 2 rings (SSSR count). The number of hydrogen-bond donors (Lipinski definition) is 2. The Hall–Kier alpha value is -1.30. The molecule has 0 amide bonds. The van der Waals surface area contributed by atoms with Gasteiger partial charge in [0.25, 0.3) is 0 Å². The Morgan fingerprint density at radius 2 is 2.33 bits per heavy atom. The SMILES string of the molecule is NCCC#Cc1cccc2c1CCNC2. The zero-order valence-corrected chi connectivity index (χ0v) is 8.84. The van der Waals surface area contributed by atoms with E-state index in [1.54, 1.807) is 0 Å². The van der Waals surface area contributed by atoms with Crippen LogP contribution < -0.4 is 11.1 Å². The molecule has 0 fully saturated rings. The Kier molecular flexibility index (Phi) is 3.39.